The molecule has 0 aliphatic carbocycles. The predicted octanol–water partition coefficient (Wildman–Crippen LogP) is 3.21. The van der Waals surface area contributed by atoms with E-state index in [2.05, 4.69) is 0 Å². The quantitative estimate of drug-likeness (QED) is 0.655. The van der Waals surface area contributed by atoms with Crippen LogP contribution in [-0.2, 0) is 25.8 Å². The average Bonchev–Trinajstić information content (AvgIpc) is 3.18. The molecular formula is C23H28N2O5S. The number of rotatable bonds is 7. The molecule has 0 saturated heterocycles. The van der Waals surface area contributed by atoms with Crippen molar-refractivity contribution < 1.29 is 22.7 Å². The van der Waals surface area contributed by atoms with Crippen molar-refractivity contribution in [1.29, 1.82) is 0 Å². The number of sulfone groups is 1. The summed E-state index contributed by atoms with van der Waals surface area (Å²) in [6, 6.07) is 11.9. The Hall–Kier alpha value is -2.87. The van der Waals surface area contributed by atoms with Crippen LogP contribution in [0, 0.1) is 0 Å². The molecular weight excluding hydrogens is 416 g/mol. The Kier molecular flexibility index (Phi) is 6.69. The highest BCUT2D eigenvalue weighted by Crippen LogP contribution is 2.32. The topological polar surface area (TPSA) is 84.0 Å². The lowest BCUT2D eigenvalue weighted by atomic mass is 10.2. The lowest BCUT2D eigenvalue weighted by molar-refractivity contribution is -0.118. The fourth-order valence-corrected chi connectivity index (χ4v) is 5.24. The minimum atomic E-state index is -3.70. The third-order valence-electron chi connectivity index (χ3n) is 5.65. The molecule has 0 unspecified atom stereocenters. The first-order valence-corrected chi connectivity index (χ1v) is 11.8. The van der Waals surface area contributed by atoms with Crippen molar-refractivity contribution in [2.75, 3.05) is 30.0 Å². The summed E-state index contributed by atoms with van der Waals surface area (Å²) in [5, 5.41) is -0.879. The molecule has 0 aromatic heterocycles. The Balaban J connectivity index is 1.77. The fraction of sp³-hybridized carbons (Fsp3) is 0.391. The van der Waals surface area contributed by atoms with Crippen LogP contribution in [0.4, 0.5) is 11.4 Å². The molecule has 0 radical (unpaired) electrons. The number of amides is 2. The standard InChI is InChI=1S/C23H28N2O5S/c1-5-24(19-6-8-20(30-4)9-7-19)23(27)14-16(2)31(28,29)21-10-11-22-18(15-21)12-13-25(22)17(3)26/h6-11,15-16H,5,12-14H2,1-4H3/t16-/m0/s1. The zero-order valence-electron chi connectivity index (χ0n) is 18.3. The van der Waals surface area contributed by atoms with Crippen LogP contribution in [0.5, 0.6) is 5.75 Å². The molecule has 0 saturated carbocycles. The van der Waals surface area contributed by atoms with E-state index in [1.807, 2.05) is 6.92 Å². The molecule has 2 aromatic carbocycles. The first-order valence-electron chi connectivity index (χ1n) is 10.3. The van der Waals surface area contributed by atoms with Crippen molar-refractivity contribution in [3.63, 3.8) is 0 Å². The minimum Gasteiger partial charge on any atom is -0.497 e. The molecule has 166 valence electrons. The molecule has 1 aliphatic heterocycles. The van der Waals surface area contributed by atoms with E-state index in [-0.39, 0.29) is 23.1 Å². The summed E-state index contributed by atoms with van der Waals surface area (Å²) < 4.78 is 31.4. The van der Waals surface area contributed by atoms with Gasteiger partial charge < -0.3 is 14.5 Å². The van der Waals surface area contributed by atoms with Gasteiger partial charge in [-0.3, -0.25) is 9.59 Å². The third-order valence-corrected chi connectivity index (χ3v) is 7.79. The van der Waals surface area contributed by atoms with Gasteiger partial charge in [0.25, 0.3) is 0 Å². The number of anilines is 2. The molecule has 0 N–H and O–H groups in total. The Bertz CT molecular complexity index is 1080. The van der Waals surface area contributed by atoms with Gasteiger partial charge in [-0.1, -0.05) is 0 Å². The number of hydrogen-bond donors (Lipinski definition) is 0. The predicted molar refractivity (Wildman–Crippen MR) is 120 cm³/mol. The Labute approximate surface area is 183 Å². The summed E-state index contributed by atoms with van der Waals surface area (Å²) in [5.41, 5.74) is 2.29. The van der Waals surface area contributed by atoms with Crippen LogP contribution < -0.4 is 14.5 Å². The highest BCUT2D eigenvalue weighted by atomic mass is 32.2. The Morgan fingerprint density at radius 1 is 1.16 bits per heavy atom. The molecule has 0 spiro atoms. The number of methoxy groups -OCH3 is 1. The lowest BCUT2D eigenvalue weighted by Crippen LogP contribution is -2.34. The second-order valence-corrected chi connectivity index (χ2v) is 9.97. The Morgan fingerprint density at radius 3 is 2.42 bits per heavy atom. The summed E-state index contributed by atoms with van der Waals surface area (Å²) >= 11 is 0. The van der Waals surface area contributed by atoms with Gasteiger partial charge in [-0.15, -0.1) is 0 Å². The summed E-state index contributed by atoms with van der Waals surface area (Å²) in [6.07, 6.45) is 0.492. The average molecular weight is 445 g/mol. The zero-order chi connectivity index (χ0) is 22.8. The van der Waals surface area contributed by atoms with Crippen molar-refractivity contribution in [2.45, 2.75) is 43.8 Å². The van der Waals surface area contributed by atoms with E-state index < -0.39 is 15.1 Å². The molecule has 8 heteroatoms. The number of fused-ring (bicyclic) bond motifs is 1. The summed E-state index contributed by atoms with van der Waals surface area (Å²) in [6.45, 7) is 5.88. The van der Waals surface area contributed by atoms with Crippen molar-refractivity contribution in [1.82, 2.24) is 0 Å². The van der Waals surface area contributed by atoms with Gasteiger partial charge in [0.05, 0.1) is 17.3 Å². The fourth-order valence-electron chi connectivity index (χ4n) is 3.85. The molecule has 1 heterocycles. The number of carbonyl (C=O) groups excluding carboxylic acids is 2. The van der Waals surface area contributed by atoms with E-state index in [4.69, 9.17) is 4.74 Å². The van der Waals surface area contributed by atoms with Gasteiger partial charge in [-0.25, -0.2) is 8.42 Å². The van der Waals surface area contributed by atoms with Gasteiger partial charge in [-0.2, -0.15) is 0 Å². The summed E-state index contributed by atoms with van der Waals surface area (Å²) in [5.74, 6) is 0.363. The van der Waals surface area contributed by atoms with Gasteiger partial charge >= 0.3 is 0 Å². The highest BCUT2D eigenvalue weighted by molar-refractivity contribution is 7.92. The van der Waals surface area contributed by atoms with Crippen molar-refractivity contribution >= 4 is 33.0 Å². The van der Waals surface area contributed by atoms with E-state index in [0.717, 1.165) is 11.3 Å². The van der Waals surface area contributed by atoms with Crippen LogP contribution in [0.3, 0.4) is 0 Å². The molecule has 0 fully saturated rings. The van der Waals surface area contributed by atoms with Crippen LogP contribution in [0.15, 0.2) is 47.4 Å². The van der Waals surface area contributed by atoms with Gasteiger partial charge in [0.15, 0.2) is 9.84 Å². The normalized spacial score (nSPS) is 14.1. The molecule has 31 heavy (non-hydrogen) atoms. The molecule has 1 atom stereocenters. The number of ether oxygens (including phenoxy) is 1. The maximum atomic E-state index is 13.1. The van der Waals surface area contributed by atoms with Crippen LogP contribution in [0.2, 0.25) is 0 Å². The molecule has 3 rings (SSSR count). The van der Waals surface area contributed by atoms with Gasteiger partial charge in [0, 0.05) is 37.8 Å². The maximum absolute atomic E-state index is 13.1. The smallest absolute Gasteiger partial charge is 0.228 e. The third kappa shape index (κ3) is 4.58. The van der Waals surface area contributed by atoms with E-state index in [1.165, 1.54) is 13.0 Å². The molecule has 0 bridgehead atoms. The molecule has 1 aliphatic rings. The SMILES string of the molecule is CCN(C(=O)C[C@H](C)S(=O)(=O)c1ccc2c(c1)CCN2C(C)=O)c1ccc(OC)cc1. The zero-order valence-corrected chi connectivity index (χ0v) is 19.1. The lowest BCUT2D eigenvalue weighted by Gasteiger charge is -2.23. The second kappa shape index (κ2) is 9.09. The molecule has 2 aromatic rings. The highest BCUT2D eigenvalue weighted by Gasteiger charge is 2.30. The largest absolute Gasteiger partial charge is 0.497 e. The van der Waals surface area contributed by atoms with Crippen molar-refractivity contribution in [3.8, 4) is 5.75 Å². The van der Waals surface area contributed by atoms with Crippen LogP contribution in [0.25, 0.3) is 0 Å². The van der Waals surface area contributed by atoms with Gasteiger partial charge in [0.2, 0.25) is 11.8 Å². The van der Waals surface area contributed by atoms with Gasteiger partial charge in [-0.05, 0) is 68.3 Å². The van der Waals surface area contributed by atoms with E-state index in [0.29, 0.717) is 30.9 Å². The van der Waals surface area contributed by atoms with E-state index in [1.54, 1.807) is 60.2 Å². The number of carbonyl (C=O) groups is 2. The first-order chi connectivity index (χ1) is 14.7. The molecule has 2 amide bonds. The minimum absolute atomic E-state index is 0.0634. The van der Waals surface area contributed by atoms with Crippen molar-refractivity contribution in [3.05, 3.63) is 48.0 Å². The molecule has 7 nitrogen and oxygen atoms in total. The second-order valence-electron chi connectivity index (χ2n) is 7.61. The van der Waals surface area contributed by atoms with Crippen LogP contribution >= 0.6 is 0 Å². The first kappa shape index (κ1) is 22.8. The number of nitrogens with zero attached hydrogens (tertiary/aromatic N) is 2. The number of hydrogen-bond acceptors (Lipinski definition) is 5. The van der Waals surface area contributed by atoms with E-state index >= 15 is 0 Å². The van der Waals surface area contributed by atoms with E-state index in [9.17, 15) is 18.0 Å². The summed E-state index contributed by atoms with van der Waals surface area (Å²) in [7, 11) is -2.13. The van der Waals surface area contributed by atoms with Crippen LogP contribution in [0.1, 0.15) is 32.8 Å². The number of benzene rings is 2. The monoisotopic (exact) mass is 444 g/mol. The Morgan fingerprint density at radius 2 is 1.84 bits per heavy atom. The van der Waals surface area contributed by atoms with Crippen LogP contribution in [-0.4, -0.2) is 45.7 Å². The van der Waals surface area contributed by atoms with Gasteiger partial charge in [0.1, 0.15) is 5.75 Å². The van der Waals surface area contributed by atoms with Crippen molar-refractivity contribution in [2.24, 2.45) is 0 Å². The maximum Gasteiger partial charge on any atom is 0.228 e. The summed E-state index contributed by atoms with van der Waals surface area (Å²) in [4.78, 5) is 28.0.